The van der Waals surface area contributed by atoms with Crippen LogP contribution in [0.3, 0.4) is 0 Å². The van der Waals surface area contributed by atoms with E-state index in [2.05, 4.69) is 15.1 Å². The van der Waals surface area contributed by atoms with Gasteiger partial charge in [0, 0.05) is 24.0 Å². The molecule has 8 heteroatoms. The largest absolute Gasteiger partial charge is 0.391 e. The standard InChI is InChI=1S/C21H23N5O2S/c27-19-7-16-10-25(9-15(16)6-18(19)26-13-22-12-23-26)20(28)8-17-11-29-21(24-17)14-4-2-1-3-5-14/h1-5,11-13,15-16,18-19,27H,6-10H2/t15-,16+,18-,19-/m1/s1. The van der Waals surface area contributed by atoms with Gasteiger partial charge in [-0.05, 0) is 24.7 Å². The molecule has 5 rings (SSSR count). The number of carbonyl (C=O) groups is 1. The molecule has 2 fully saturated rings. The number of likely N-dealkylation sites (tertiary alicyclic amines) is 1. The summed E-state index contributed by atoms with van der Waals surface area (Å²) in [6.45, 7) is 1.47. The van der Waals surface area contributed by atoms with Gasteiger partial charge in [0.25, 0.3) is 0 Å². The highest BCUT2D eigenvalue weighted by atomic mass is 32.1. The summed E-state index contributed by atoms with van der Waals surface area (Å²) in [7, 11) is 0. The van der Waals surface area contributed by atoms with Crippen molar-refractivity contribution < 1.29 is 9.90 Å². The van der Waals surface area contributed by atoms with E-state index in [0.717, 1.165) is 35.8 Å². The van der Waals surface area contributed by atoms with E-state index in [1.165, 1.54) is 6.33 Å². The SMILES string of the molecule is O=C(Cc1csc(-c2ccccc2)n1)N1C[C@H]2C[C@@H](n3cncn3)[C@H](O)C[C@H]2C1. The molecule has 2 aliphatic rings. The number of carbonyl (C=O) groups excluding carboxylic acids is 1. The highest BCUT2D eigenvalue weighted by molar-refractivity contribution is 7.13. The molecule has 0 spiro atoms. The van der Waals surface area contributed by atoms with Gasteiger partial charge in [-0.1, -0.05) is 30.3 Å². The second-order valence-electron chi connectivity index (χ2n) is 7.99. The molecule has 1 aliphatic carbocycles. The second-order valence-corrected chi connectivity index (χ2v) is 8.85. The molecule has 1 N–H and O–H groups in total. The molecular weight excluding hydrogens is 386 g/mol. The van der Waals surface area contributed by atoms with Crippen LogP contribution >= 0.6 is 11.3 Å². The molecule has 1 aromatic carbocycles. The highest BCUT2D eigenvalue weighted by Crippen LogP contribution is 2.41. The average Bonchev–Trinajstić information content (AvgIpc) is 3.48. The minimum absolute atomic E-state index is 0.0548. The van der Waals surface area contributed by atoms with Crippen LogP contribution in [0.5, 0.6) is 0 Å². The Kier molecular flexibility index (Phi) is 4.89. The van der Waals surface area contributed by atoms with Crippen LogP contribution in [0.1, 0.15) is 24.6 Å². The fourth-order valence-electron chi connectivity index (χ4n) is 4.65. The maximum atomic E-state index is 12.9. The van der Waals surface area contributed by atoms with Crippen molar-refractivity contribution in [1.29, 1.82) is 0 Å². The van der Waals surface area contributed by atoms with Crippen molar-refractivity contribution in [3.63, 3.8) is 0 Å². The molecule has 0 unspecified atom stereocenters. The molecule has 1 aliphatic heterocycles. The lowest BCUT2D eigenvalue weighted by atomic mass is 9.77. The first kappa shape index (κ1) is 18.4. The van der Waals surface area contributed by atoms with Crippen molar-refractivity contribution in [2.45, 2.75) is 31.4 Å². The smallest absolute Gasteiger partial charge is 0.228 e. The Hall–Kier alpha value is -2.58. The molecule has 3 aromatic rings. The Morgan fingerprint density at radius 2 is 1.97 bits per heavy atom. The third kappa shape index (κ3) is 3.70. The van der Waals surface area contributed by atoms with Crippen LogP contribution < -0.4 is 0 Å². The summed E-state index contributed by atoms with van der Waals surface area (Å²) in [5.41, 5.74) is 1.91. The first-order valence-electron chi connectivity index (χ1n) is 9.97. The molecule has 3 heterocycles. The topological polar surface area (TPSA) is 84.1 Å². The van der Waals surface area contributed by atoms with Gasteiger partial charge in [0.05, 0.1) is 24.3 Å². The number of aromatic nitrogens is 4. The fourth-order valence-corrected chi connectivity index (χ4v) is 5.48. The molecule has 29 heavy (non-hydrogen) atoms. The number of hydrogen-bond donors (Lipinski definition) is 1. The second kappa shape index (κ2) is 7.68. The van der Waals surface area contributed by atoms with Crippen LogP contribution in [0.15, 0.2) is 48.4 Å². The van der Waals surface area contributed by atoms with Crippen molar-refractivity contribution >= 4 is 17.2 Å². The van der Waals surface area contributed by atoms with Crippen LogP contribution in [0, 0.1) is 11.8 Å². The Bertz CT molecular complexity index is 974. The number of thiazole rings is 1. The molecule has 7 nitrogen and oxygen atoms in total. The summed E-state index contributed by atoms with van der Waals surface area (Å²) in [6, 6.07) is 9.99. The van der Waals surface area contributed by atoms with Crippen LogP contribution in [0.4, 0.5) is 0 Å². The maximum absolute atomic E-state index is 12.9. The van der Waals surface area contributed by atoms with Crippen LogP contribution in [0.25, 0.3) is 10.6 Å². The number of aliphatic hydroxyl groups excluding tert-OH is 1. The summed E-state index contributed by atoms with van der Waals surface area (Å²) >= 11 is 1.58. The highest BCUT2D eigenvalue weighted by Gasteiger charge is 2.43. The lowest BCUT2D eigenvalue weighted by Crippen LogP contribution is -2.36. The van der Waals surface area contributed by atoms with Gasteiger partial charge in [-0.25, -0.2) is 14.6 Å². The Balaban J connectivity index is 1.23. The van der Waals surface area contributed by atoms with E-state index >= 15 is 0 Å². The van der Waals surface area contributed by atoms with Gasteiger partial charge < -0.3 is 10.0 Å². The first-order chi connectivity index (χ1) is 14.2. The third-order valence-corrected chi connectivity index (χ3v) is 7.08. The van der Waals surface area contributed by atoms with Crippen molar-refractivity contribution in [3.05, 3.63) is 54.1 Å². The summed E-state index contributed by atoms with van der Waals surface area (Å²) < 4.78 is 1.76. The zero-order chi connectivity index (χ0) is 19.8. The van der Waals surface area contributed by atoms with E-state index in [-0.39, 0.29) is 11.9 Å². The summed E-state index contributed by atoms with van der Waals surface area (Å²) in [5, 5.41) is 17.7. The third-order valence-electron chi connectivity index (χ3n) is 6.14. The van der Waals surface area contributed by atoms with E-state index in [0.29, 0.717) is 24.7 Å². The fraction of sp³-hybridized carbons (Fsp3) is 0.429. The average molecular weight is 410 g/mol. The number of hydrogen-bond acceptors (Lipinski definition) is 6. The number of fused-ring (bicyclic) bond motifs is 1. The van der Waals surface area contributed by atoms with E-state index in [1.54, 1.807) is 22.3 Å². The predicted molar refractivity (Wildman–Crippen MR) is 109 cm³/mol. The predicted octanol–water partition coefficient (Wildman–Crippen LogP) is 2.41. The van der Waals surface area contributed by atoms with Gasteiger partial charge >= 0.3 is 0 Å². The Morgan fingerprint density at radius 1 is 1.17 bits per heavy atom. The Morgan fingerprint density at radius 3 is 2.72 bits per heavy atom. The van der Waals surface area contributed by atoms with E-state index in [4.69, 9.17) is 0 Å². The summed E-state index contributed by atoms with van der Waals surface area (Å²) in [5.74, 6) is 0.868. The van der Waals surface area contributed by atoms with Crippen molar-refractivity contribution in [2.24, 2.45) is 11.8 Å². The Labute approximate surface area is 173 Å². The first-order valence-corrected chi connectivity index (χ1v) is 10.8. The summed E-state index contributed by atoms with van der Waals surface area (Å²) in [4.78, 5) is 23.5. The zero-order valence-corrected chi connectivity index (χ0v) is 16.8. The van der Waals surface area contributed by atoms with Gasteiger partial charge in [0.1, 0.15) is 17.7 Å². The number of benzene rings is 1. The molecule has 1 amide bonds. The van der Waals surface area contributed by atoms with Gasteiger partial charge in [0.2, 0.25) is 5.91 Å². The van der Waals surface area contributed by atoms with Gasteiger partial charge in [-0.15, -0.1) is 11.3 Å². The minimum atomic E-state index is -0.444. The van der Waals surface area contributed by atoms with E-state index in [1.807, 2.05) is 40.6 Å². The van der Waals surface area contributed by atoms with Gasteiger partial charge in [-0.3, -0.25) is 4.79 Å². The quantitative estimate of drug-likeness (QED) is 0.715. The molecule has 2 aromatic heterocycles. The molecule has 0 radical (unpaired) electrons. The molecule has 1 saturated carbocycles. The lowest BCUT2D eigenvalue weighted by Gasteiger charge is -2.34. The van der Waals surface area contributed by atoms with Gasteiger partial charge in [0.15, 0.2) is 0 Å². The monoisotopic (exact) mass is 409 g/mol. The van der Waals surface area contributed by atoms with Crippen LogP contribution in [-0.2, 0) is 11.2 Å². The van der Waals surface area contributed by atoms with Crippen molar-refractivity contribution in [3.8, 4) is 10.6 Å². The molecule has 0 bridgehead atoms. The van der Waals surface area contributed by atoms with Gasteiger partial charge in [-0.2, -0.15) is 5.10 Å². The number of rotatable bonds is 4. The van der Waals surface area contributed by atoms with Crippen LogP contribution in [-0.4, -0.2) is 54.9 Å². The molecule has 4 atom stereocenters. The zero-order valence-electron chi connectivity index (χ0n) is 16.0. The maximum Gasteiger partial charge on any atom is 0.228 e. The lowest BCUT2D eigenvalue weighted by molar-refractivity contribution is -0.129. The van der Waals surface area contributed by atoms with Crippen molar-refractivity contribution in [2.75, 3.05) is 13.1 Å². The number of aliphatic hydroxyl groups is 1. The van der Waals surface area contributed by atoms with Crippen molar-refractivity contribution in [1.82, 2.24) is 24.6 Å². The summed E-state index contributed by atoms with van der Waals surface area (Å²) in [6.07, 6.45) is 4.58. The molecular formula is C21H23N5O2S. The number of amides is 1. The van der Waals surface area contributed by atoms with Crippen LogP contribution in [0.2, 0.25) is 0 Å². The van der Waals surface area contributed by atoms with E-state index in [9.17, 15) is 9.90 Å². The minimum Gasteiger partial charge on any atom is -0.391 e. The number of nitrogens with zero attached hydrogens (tertiary/aromatic N) is 5. The molecule has 150 valence electrons. The normalized spacial score (nSPS) is 26.4. The molecule has 1 saturated heterocycles. The van der Waals surface area contributed by atoms with E-state index < -0.39 is 6.10 Å².